The van der Waals surface area contributed by atoms with Crippen molar-refractivity contribution in [3.8, 4) is 0 Å². The third kappa shape index (κ3) is 3.54. The quantitative estimate of drug-likeness (QED) is 0.293. The molecule has 0 amide bonds. The molecule has 0 radical (unpaired) electrons. The molecule has 5 N–H and O–H groups in total. The van der Waals surface area contributed by atoms with Crippen LogP contribution in [0.5, 0.6) is 0 Å². The minimum absolute atomic E-state index is 0.103. The van der Waals surface area contributed by atoms with Gasteiger partial charge in [-0.05, 0) is 0 Å². The van der Waals surface area contributed by atoms with E-state index in [9.17, 15) is 4.79 Å². The molecule has 0 bridgehead atoms. The second-order valence-electron chi connectivity index (χ2n) is 1.03. The van der Waals surface area contributed by atoms with Crippen LogP contribution < -0.4 is 16.9 Å². The first-order chi connectivity index (χ1) is 3.81. The maximum Gasteiger partial charge on any atom is 0.338 e. The fourth-order valence-electron chi connectivity index (χ4n) is 0.164. The maximum atomic E-state index is 10.1. The third-order valence-electron chi connectivity index (χ3n) is 0.436. The Morgan fingerprint density at radius 1 is 1.62 bits per heavy atom. The molecule has 0 aliphatic heterocycles. The van der Waals surface area contributed by atoms with Gasteiger partial charge in [0.2, 0.25) is 0 Å². The minimum atomic E-state index is -0.518. The van der Waals surface area contributed by atoms with Crippen LogP contribution in [0.15, 0.2) is 0 Å². The average Bonchev–Trinajstić information content (AvgIpc) is 1.83. The molecule has 48 valence electrons. The predicted molar refractivity (Wildman–Crippen MR) is 27.3 cm³/mol. The molecular weight excluding hydrogens is 110 g/mol. The lowest BCUT2D eigenvalue weighted by Crippen LogP contribution is -2.29. The highest BCUT2D eigenvalue weighted by Gasteiger charge is 1.93. The molecule has 0 aliphatic carbocycles. The zero-order valence-corrected chi connectivity index (χ0v) is 4.39. The van der Waals surface area contributed by atoms with Crippen molar-refractivity contribution in [2.75, 3.05) is 13.2 Å². The summed E-state index contributed by atoms with van der Waals surface area (Å²) >= 11 is 0. The highest BCUT2D eigenvalue weighted by atomic mass is 16.7. The Hall–Kier alpha value is -0.650. The van der Waals surface area contributed by atoms with Gasteiger partial charge in [-0.15, -0.1) is 5.48 Å². The largest absolute Gasteiger partial charge is 0.368 e. The molecule has 0 saturated carbocycles. The predicted octanol–water partition coefficient (Wildman–Crippen LogP) is -2.09. The molecule has 0 spiro atoms. The lowest BCUT2D eigenvalue weighted by Gasteiger charge is -1.98. The van der Waals surface area contributed by atoms with Gasteiger partial charge >= 0.3 is 5.97 Å². The van der Waals surface area contributed by atoms with E-state index in [2.05, 4.69) is 10.3 Å². The Balaban J connectivity index is 2.99. The highest BCUT2D eigenvalue weighted by Crippen LogP contribution is 1.62. The summed E-state index contributed by atoms with van der Waals surface area (Å²) in [6, 6.07) is 0. The number of hydrogen-bond donors (Lipinski definition) is 3. The number of carbonyl (C=O) groups is 1. The number of hydroxylamine groups is 1. The molecule has 5 heteroatoms. The van der Waals surface area contributed by atoms with E-state index in [1.165, 1.54) is 0 Å². The normalized spacial score (nSPS) is 8.75. The van der Waals surface area contributed by atoms with Crippen molar-refractivity contribution in [3.05, 3.63) is 0 Å². The van der Waals surface area contributed by atoms with Crippen LogP contribution in [-0.2, 0) is 9.63 Å². The second kappa shape index (κ2) is 4.51. The average molecular weight is 119 g/mol. The first-order valence-electron chi connectivity index (χ1n) is 2.14. The van der Waals surface area contributed by atoms with Crippen molar-refractivity contribution in [2.24, 2.45) is 11.5 Å². The maximum absolute atomic E-state index is 10.1. The molecule has 0 aromatic rings. The van der Waals surface area contributed by atoms with Crippen LogP contribution in [0, 0.1) is 0 Å². The van der Waals surface area contributed by atoms with E-state index < -0.39 is 5.97 Å². The summed E-state index contributed by atoms with van der Waals surface area (Å²) in [6.45, 7) is -0.0290. The summed E-state index contributed by atoms with van der Waals surface area (Å²) in [5, 5.41) is 0. The summed E-state index contributed by atoms with van der Waals surface area (Å²) in [6.07, 6.45) is 0. The van der Waals surface area contributed by atoms with E-state index >= 15 is 0 Å². The Kier molecular flexibility index (Phi) is 4.14. The number of nitrogens with two attached hydrogens (primary N) is 2. The SMILES string of the molecule is NCNOC(=O)CN. The molecule has 0 fully saturated rings. The summed E-state index contributed by atoms with van der Waals surface area (Å²) in [5.41, 5.74) is 11.9. The van der Waals surface area contributed by atoms with Crippen molar-refractivity contribution in [3.63, 3.8) is 0 Å². The van der Waals surface area contributed by atoms with Gasteiger partial charge < -0.3 is 16.3 Å². The van der Waals surface area contributed by atoms with Crippen molar-refractivity contribution < 1.29 is 9.63 Å². The molecule has 5 nitrogen and oxygen atoms in total. The topological polar surface area (TPSA) is 90.4 Å². The van der Waals surface area contributed by atoms with Crippen molar-refractivity contribution in [2.45, 2.75) is 0 Å². The van der Waals surface area contributed by atoms with Gasteiger partial charge in [0.1, 0.15) is 0 Å². The van der Waals surface area contributed by atoms with Gasteiger partial charge in [-0.25, -0.2) is 4.79 Å². The van der Waals surface area contributed by atoms with Gasteiger partial charge in [0.15, 0.2) is 0 Å². The number of nitrogens with one attached hydrogen (secondary N) is 1. The zero-order valence-electron chi connectivity index (χ0n) is 4.39. The van der Waals surface area contributed by atoms with Crippen LogP contribution in [0.4, 0.5) is 0 Å². The van der Waals surface area contributed by atoms with E-state index in [-0.39, 0.29) is 13.2 Å². The lowest BCUT2D eigenvalue weighted by atomic mass is 10.7. The molecule has 0 saturated heterocycles. The standard InChI is InChI=1S/C3H9N3O2/c4-1-3(7)8-6-2-5/h6H,1-2,4-5H2. The van der Waals surface area contributed by atoms with E-state index in [0.717, 1.165) is 0 Å². The zero-order chi connectivity index (χ0) is 6.41. The van der Waals surface area contributed by atoms with Gasteiger partial charge in [0, 0.05) is 0 Å². The monoisotopic (exact) mass is 119 g/mol. The molecule has 0 atom stereocenters. The molecular formula is C3H9N3O2. The molecule has 0 aromatic carbocycles. The Morgan fingerprint density at radius 2 is 2.25 bits per heavy atom. The van der Waals surface area contributed by atoms with Crippen LogP contribution in [0.3, 0.4) is 0 Å². The summed E-state index contributed by atoms with van der Waals surface area (Å²) in [4.78, 5) is 14.3. The molecule has 8 heavy (non-hydrogen) atoms. The van der Waals surface area contributed by atoms with E-state index in [1.807, 2.05) is 0 Å². The molecule has 0 heterocycles. The van der Waals surface area contributed by atoms with Crippen LogP contribution >= 0.6 is 0 Å². The Labute approximate surface area is 46.9 Å². The molecule has 0 rings (SSSR count). The van der Waals surface area contributed by atoms with E-state index in [0.29, 0.717) is 0 Å². The lowest BCUT2D eigenvalue weighted by molar-refractivity contribution is -0.149. The van der Waals surface area contributed by atoms with E-state index in [1.54, 1.807) is 0 Å². The van der Waals surface area contributed by atoms with Crippen molar-refractivity contribution >= 4 is 5.97 Å². The van der Waals surface area contributed by atoms with E-state index in [4.69, 9.17) is 11.5 Å². The van der Waals surface area contributed by atoms with Gasteiger partial charge in [0.25, 0.3) is 0 Å². The first kappa shape index (κ1) is 7.35. The minimum Gasteiger partial charge on any atom is -0.368 e. The highest BCUT2D eigenvalue weighted by molar-refractivity contribution is 5.70. The third-order valence-corrected chi connectivity index (χ3v) is 0.436. The molecule has 0 aromatic heterocycles. The van der Waals surface area contributed by atoms with Gasteiger partial charge in [-0.2, -0.15) is 0 Å². The van der Waals surface area contributed by atoms with Crippen LogP contribution in [0.25, 0.3) is 0 Å². The van der Waals surface area contributed by atoms with Gasteiger partial charge in [-0.3, -0.25) is 0 Å². The number of hydrogen-bond acceptors (Lipinski definition) is 5. The molecule has 0 unspecified atom stereocenters. The first-order valence-corrected chi connectivity index (χ1v) is 2.14. The van der Waals surface area contributed by atoms with Gasteiger partial charge in [0.05, 0.1) is 13.2 Å². The smallest absolute Gasteiger partial charge is 0.338 e. The molecule has 0 aliphatic rings. The van der Waals surface area contributed by atoms with Crippen molar-refractivity contribution in [1.29, 1.82) is 0 Å². The van der Waals surface area contributed by atoms with Crippen molar-refractivity contribution in [1.82, 2.24) is 5.48 Å². The van der Waals surface area contributed by atoms with Crippen LogP contribution in [0.2, 0.25) is 0 Å². The summed E-state index contributed by atoms with van der Waals surface area (Å²) in [7, 11) is 0. The van der Waals surface area contributed by atoms with Crippen LogP contribution in [-0.4, -0.2) is 19.2 Å². The Morgan fingerprint density at radius 3 is 2.62 bits per heavy atom. The second-order valence-corrected chi connectivity index (χ2v) is 1.03. The van der Waals surface area contributed by atoms with Crippen LogP contribution in [0.1, 0.15) is 0 Å². The summed E-state index contributed by atoms with van der Waals surface area (Å²) < 4.78 is 0. The number of rotatable bonds is 3. The fraction of sp³-hybridized carbons (Fsp3) is 0.667. The van der Waals surface area contributed by atoms with Gasteiger partial charge in [-0.1, -0.05) is 0 Å². The fourth-order valence-corrected chi connectivity index (χ4v) is 0.164. The number of carbonyl (C=O) groups excluding carboxylic acids is 1. The summed E-state index contributed by atoms with van der Waals surface area (Å²) in [5.74, 6) is -0.518. The Bertz CT molecular complexity index is 74.9.